The summed E-state index contributed by atoms with van der Waals surface area (Å²) in [6.45, 7) is 0. The molecule has 0 radical (unpaired) electrons. The van der Waals surface area contributed by atoms with Gasteiger partial charge in [-0.05, 0) is 6.07 Å². The summed E-state index contributed by atoms with van der Waals surface area (Å²) < 4.78 is 0.888. The van der Waals surface area contributed by atoms with Crippen LogP contribution in [0.25, 0.3) is 0 Å². The molecule has 0 spiro atoms. The lowest BCUT2D eigenvalue weighted by Gasteiger charge is -1.86. The molecule has 1 aromatic heterocycles. The first-order valence-electron chi connectivity index (χ1n) is 2.25. The number of alkyl halides is 1. The zero-order valence-corrected chi connectivity index (χ0v) is 6.37. The van der Waals surface area contributed by atoms with E-state index in [4.69, 9.17) is 0 Å². The Balaban J connectivity index is 2.83. The van der Waals surface area contributed by atoms with Gasteiger partial charge in [0.15, 0.2) is 0 Å². The lowest BCUT2D eigenvalue weighted by molar-refractivity contribution is 1.05. The standard InChI is InChI=1S/C5H5IN2/c6-4-5-7-2-1-3-8-5/h1-3H,4H2. The molecule has 0 aliphatic rings. The molecule has 1 aromatic rings. The number of rotatable bonds is 1. The quantitative estimate of drug-likeness (QED) is 0.528. The Bertz CT molecular complexity index is 152. The van der Waals surface area contributed by atoms with Crippen molar-refractivity contribution in [2.75, 3.05) is 0 Å². The molecule has 1 rings (SSSR count). The van der Waals surface area contributed by atoms with Crippen molar-refractivity contribution in [3.8, 4) is 0 Å². The second-order valence-corrected chi connectivity index (χ2v) is 2.06. The van der Waals surface area contributed by atoms with E-state index in [1.54, 1.807) is 12.4 Å². The van der Waals surface area contributed by atoms with E-state index in [-0.39, 0.29) is 0 Å². The number of hydrogen-bond donors (Lipinski definition) is 0. The Morgan fingerprint density at radius 1 is 1.38 bits per heavy atom. The smallest absolute Gasteiger partial charge is 0.137 e. The van der Waals surface area contributed by atoms with E-state index in [0.29, 0.717) is 0 Å². The van der Waals surface area contributed by atoms with Gasteiger partial charge in [0, 0.05) is 12.4 Å². The van der Waals surface area contributed by atoms with E-state index < -0.39 is 0 Å². The van der Waals surface area contributed by atoms with Crippen LogP contribution in [0.4, 0.5) is 0 Å². The predicted octanol–water partition coefficient (Wildman–Crippen LogP) is 1.41. The number of aromatic nitrogens is 2. The molecule has 2 nitrogen and oxygen atoms in total. The van der Waals surface area contributed by atoms with Crippen molar-refractivity contribution in [1.82, 2.24) is 9.97 Å². The highest BCUT2D eigenvalue weighted by Gasteiger charge is 1.84. The largest absolute Gasteiger partial charge is 0.241 e. The van der Waals surface area contributed by atoms with Crippen LogP contribution in [-0.2, 0) is 4.43 Å². The van der Waals surface area contributed by atoms with Gasteiger partial charge in [-0.25, -0.2) is 9.97 Å². The van der Waals surface area contributed by atoms with Crippen molar-refractivity contribution < 1.29 is 0 Å². The molecule has 1 heterocycles. The first kappa shape index (κ1) is 5.94. The average Bonchev–Trinajstić information content (AvgIpc) is 1.90. The summed E-state index contributed by atoms with van der Waals surface area (Å²) in [6, 6.07) is 1.82. The van der Waals surface area contributed by atoms with Gasteiger partial charge in [0.05, 0.1) is 4.43 Å². The van der Waals surface area contributed by atoms with E-state index in [1.807, 2.05) is 6.07 Å². The number of hydrogen-bond acceptors (Lipinski definition) is 2. The maximum atomic E-state index is 3.98. The molecule has 0 bridgehead atoms. The van der Waals surface area contributed by atoms with Crippen LogP contribution in [0.5, 0.6) is 0 Å². The molecule has 0 atom stereocenters. The molecule has 0 N–H and O–H groups in total. The Morgan fingerprint density at radius 3 is 2.38 bits per heavy atom. The summed E-state index contributed by atoms with van der Waals surface area (Å²) in [5.74, 6) is 0.896. The average molecular weight is 220 g/mol. The van der Waals surface area contributed by atoms with Gasteiger partial charge in [-0.15, -0.1) is 0 Å². The summed E-state index contributed by atoms with van der Waals surface area (Å²) in [5.41, 5.74) is 0. The minimum atomic E-state index is 0.888. The fourth-order valence-corrected chi connectivity index (χ4v) is 0.793. The minimum absolute atomic E-state index is 0.888. The van der Waals surface area contributed by atoms with E-state index in [2.05, 4.69) is 32.6 Å². The second-order valence-electron chi connectivity index (χ2n) is 1.30. The molecular formula is C5H5IN2. The van der Waals surface area contributed by atoms with Crippen molar-refractivity contribution in [1.29, 1.82) is 0 Å². The normalized spacial score (nSPS) is 9.12. The molecular weight excluding hydrogens is 215 g/mol. The molecule has 0 saturated carbocycles. The van der Waals surface area contributed by atoms with Crippen molar-refractivity contribution in [3.05, 3.63) is 24.3 Å². The van der Waals surface area contributed by atoms with Gasteiger partial charge in [-0.3, -0.25) is 0 Å². The molecule has 3 heteroatoms. The molecule has 0 unspecified atom stereocenters. The van der Waals surface area contributed by atoms with Crippen molar-refractivity contribution >= 4 is 22.6 Å². The van der Waals surface area contributed by atoms with Crippen LogP contribution in [0.1, 0.15) is 5.82 Å². The summed E-state index contributed by atoms with van der Waals surface area (Å²) in [6.07, 6.45) is 3.50. The van der Waals surface area contributed by atoms with E-state index >= 15 is 0 Å². The van der Waals surface area contributed by atoms with Gasteiger partial charge in [-0.2, -0.15) is 0 Å². The highest BCUT2D eigenvalue weighted by Crippen LogP contribution is 1.94. The van der Waals surface area contributed by atoms with Gasteiger partial charge in [0.2, 0.25) is 0 Å². The zero-order valence-electron chi connectivity index (χ0n) is 4.21. The Hall–Kier alpha value is -0.190. The molecule has 0 aromatic carbocycles. The molecule has 0 saturated heterocycles. The molecule has 0 aliphatic carbocycles. The van der Waals surface area contributed by atoms with Crippen molar-refractivity contribution in [2.24, 2.45) is 0 Å². The van der Waals surface area contributed by atoms with Crippen molar-refractivity contribution in [2.45, 2.75) is 4.43 Å². The molecule has 0 aliphatic heterocycles. The van der Waals surface area contributed by atoms with Crippen LogP contribution in [0, 0.1) is 0 Å². The summed E-state index contributed by atoms with van der Waals surface area (Å²) in [5, 5.41) is 0. The van der Waals surface area contributed by atoms with Crippen LogP contribution in [0.2, 0.25) is 0 Å². The monoisotopic (exact) mass is 220 g/mol. The SMILES string of the molecule is ICc1ncccn1. The Morgan fingerprint density at radius 2 is 2.00 bits per heavy atom. The molecule has 8 heavy (non-hydrogen) atoms. The summed E-state index contributed by atoms with van der Waals surface area (Å²) in [4.78, 5) is 7.96. The highest BCUT2D eigenvalue weighted by molar-refractivity contribution is 14.1. The third-order valence-corrected chi connectivity index (χ3v) is 1.42. The van der Waals surface area contributed by atoms with Gasteiger partial charge in [0.25, 0.3) is 0 Å². The maximum absolute atomic E-state index is 3.98. The topological polar surface area (TPSA) is 25.8 Å². The molecule has 0 fully saturated rings. The second kappa shape index (κ2) is 2.96. The van der Waals surface area contributed by atoms with Gasteiger partial charge >= 0.3 is 0 Å². The first-order valence-corrected chi connectivity index (χ1v) is 3.78. The van der Waals surface area contributed by atoms with Gasteiger partial charge < -0.3 is 0 Å². The van der Waals surface area contributed by atoms with Crippen LogP contribution < -0.4 is 0 Å². The molecule has 42 valence electrons. The van der Waals surface area contributed by atoms with Gasteiger partial charge in [0.1, 0.15) is 5.82 Å². The summed E-state index contributed by atoms with van der Waals surface area (Å²) in [7, 11) is 0. The van der Waals surface area contributed by atoms with Crippen LogP contribution in [-0.4, -0.2) is 9.97 Å². The summed E-state index contributed by atoms with van der Waals surface area (Å²) >= 11 is 2.23. The predicted molar refractivity (Wildman–Crippen MR) is 39.8 cm³/mol. The number of halogens is 1. The van der Waals surface area contributed by atoms with E-state index in [0.717, 1.165) is 10.3 Å². The minimum Gasteiger partial charge on any atom is -0.241 e. The lowest BCUT2D eigenvalue weighted by atomic mass is 10.6. The Labute approximate surface area is 61.5 Å². The fraction of sp³-hybridized carbons (Fsp3) is 0.200. The lowest BCUT2D eigenvalue weighted by Crippen LogP contribution is -1.85. The van der Waals surface area contributed by atoms with E-state index in [9.17, 15) is 0 Å². The number of nitrogens with zero attached hydrogens (tertiary/aromatic N) is 2. The van der Waals surface area contributed by atoms with Gasteiger partial charge in [-0.1, -0.05) is 22.6 Å². The third kappa shape index (κ3) is 1.40. The molecule has 0 amide bonds. The first-order chi connectivity index (χ1) is 3.93. The highest BCUT2D eigenvalue weighted by atomic mass is 127. The zero-order chi connectivity index (χ0) is 5.82. The van der Waals surface area contributed by atoms with Crippen LogP contribution in [0.15, 0.2) is 18.5 Å². The van der Waals surface area contributed by atoms with Crippen molar-refractivity contribution in [3.63, 3.8) is 0 Å². The van der Waals surface area contributed by atoms with E-state index in [1.165, 1.54) is 0 Å². The Kier molecular flexibility index (Phi) is 2.20. The van der Waals surface area contributed by atoms with Crippen LogP contribution >= 0.6 is 22.6 Å². The third-order valence-electron chi connectivity index (χ3n) is 0.739. The fourth-order valence-electron chi connectivity index (χ4n) is 0.399. The maximum Gasteiger partial charge on any atom is 0.137 e. The van der Waals surface area contributed by atoms with Crippen LogP contribution in [0.3, 0.4) is 0 Å².